The Morgan fingerprint density at radius 2 is 1.74 bits per heavy atom. The minimum atomic E-state index is -4.32. The Labute approximate surface area is 198 Å². The summed E-state index contributed by atoms with van der Waals surface area (Å²) in [7, 11) is -1.38. The molecule has 7 nitrogen and oxygen atoms in total. The van der Waals surface area contributed by atoms with Crippen LogP contribution in [0.4, 0.5) is 18.9 Å². The van der Waals surface area contributed by atoms with E-state index in [9.17, 15) is 23.1 Å². The summed E-state index contributed by atoms with van der Waals surface area (Å²) in [5, 5.41) is 31.1. The van der Waals surface area contributed by atoms with Gasteiger partial charge in [0.15, 0.2) is 0 Å². The average molecular weight is 485 g/mol. The fourth-order valence-electron chi connectivity index (χ4n) is 5.03. The number of benzene rings is 1. The third-order valence-electron chi connectivity index (χ3n) is 7.44. The first-order valence-corrected chi connectivity index (χ1v) is 12.0. The van der Waals surface area contributed by atoms with Crippen molar-refractivity contribution >= 4 is 18.8 Å². The number of anilines is 1. The van der Waals surface area contributed by atoms with E-state index in [2.05, 4.69) is 10.2 Å². The van der Waals surface area contributed by atoms with Gasteiger partial charge >= 0.3 is 19.3 Å². The second-order valence-electron chi connectivity index (χ2n) is 9.82. The molecule has 1 aromatic rings. The van der Waals surface area contributed by atoms with Crippen LogP contribution in [0.2, 0.25) is 6.32 Å². The van der Waals surface area contributed by atoms with E-state index in [-0.39, 0.29) is 18.3 Å². The molecule has 1 saturated carbocycles. The first kappa shape index (κ1) is 26.8. The van der Waals surface area contributed by atoms with E-state index in [0.29, 0.717) is 38.0 Å². The molecule has 3 rings (SSSR count). The molecule has 34 heavy (non-hydrogen) atoms. The summed E-state index contributed by atoms with van der Waals surface area (Å²) in [6.45, 7) is 2.41. The van der Waals surface area contributed by atoms with Gasteiger partial charge in [0.2, 0.25) is 0 Å². The second-order valence-corrected chi connectivity index (χ2v) is 9.82. The molecule has 0 bridgehead atoms. The van der Waals surface area contributed by atoms with Crippen molar-refractivity contribution in [3.8, 4) is 0 Å². The van der Waals surface area contributed by atoms with Gasteiger partial charge in [0.05, 0.1) is 5.56 Å². The summed E-state index contributed by atoms with van der Waals surface area (Å²) in [4.78, 5) is 13.9. The fourth-order valence-corrected chi connectivity index (χ4v) is 5.03. The number of carboxylic acid groups (broad SMARTS) is 1. The third-order valence-corrected chi connectivity index (χ3v) is 7.44. The molecule has 11 heteroatoms. The maximum absolute atomic E-state index is 12.7. The molecule has 0 spiro atoms. The van der Waals surface area contributed by atoms with E-state index in [1.165, 1.54) is 12.1 Å². The normalized spacial score (nSPS) is 23.3. The number of carboxylic acids is 1. The van der Waals surface area contributed by atoms with Crippen molar-refractivity contribution < 1.29 is 33.1 Å². The molecule has 0 amide bonds. The van der Waals surface area contributed by atoms with Crippen LogP contribution < -0.4 is 16.0 Å². The Bertz CT molecular complexity index is 798. The van der Waals surface area contributed by atoms with Crippen molar-refractivity contribution in [1.82, 2.24) is 5.32 Å². The van der Waals surface area contributed by atoms with Crippen molar-refractivity contribution in [3.63, 3.8) is 0 Å². The number of alkyl halides is 3. The number of unbranched alkanes of at least 4 members (excludes halogenated alkanes) is 1. The second kappa shape index (κ2) is 11.3. The highest BCUT2D eigenvalue weighted by Gasteiger charge is 2.48. The highest BCUT2D eigenvalue weighted by Crippen LogP contribution is 2.39. The Hall–Kier alpha value is -1.82. The number of hydrogen-bond donors (Lipinski definition) is 5. The van der Waals surface area contributed by atoms with Crippen LogP contribution in [0.25, 0.3) is 0 Å². The van der Waals surface area contributed by atoms with Gasteiger partial charge in [-0.05, 0) is 81.1 Å². The average Bonchev–Trinajstić information content (AvgIpc) is 2.75. The molecule has 1 aromatic carbocycles. The topological polar surface area (TPSA) is 119 Å². The SMILES string of the molecule is NC(CCCCB(O)O)(C(=O)O)C1CC(NCC2CCN(c3ccc(C(F)(F)F)cc3)CC2)C1. The van der Waals surface area contributed by atoms with Gasteiger partial charge in [0.1, 0.15) is 5.54 Å². The van der Waals surface area contributed by atoms with Crippen LogP contribution in [0.1, 0.15) is 50.5 Å². The van der Waals surface area contributed by atoms with E-state index >= 15 is 0 Å². The standard InChI is InChI=1S/C23H35BF3N3O4/c25-23(26,27)17-3-5-20(6-4-17)30-11-7-16(8-12-30)15-29-19-13-18(14-19)22(28,21(31)32)9-1-2-10-24(33)34/h3-6,16,18-19,29,33-34H,1-2,7-15,28H2,(H,31,32). The van der Waals surface area contributed by atoms with E-state index < -0.39 is 30.4 Å². The molecule has 1 aliphatic heterocycles. The number of hydrogen-bond acceptors (Lipinski definition) is 6. The highest BCUT2D eigenvalue weighted by molar-refractivity contribution is 6.40. The van der Waals surface area contributed by atoms with E-state index in [1.54, 1.807) is 0 Å². The quantitative estimate of drug-likeness (QED) is 0.242. The smallest absolute Gasteiger partial charge is 0.451 e. The van der Waals surface area contributed by atoms with Crippen LogP contribution in [0.5, 0.6) is 0 Å². The molecule has 2 aliphatic rings. The van der Waals surface area contributed by atoms with E-state index in [0.717, 1.165) is 50.3 Å². The number of piperidine rings is 1. The highest BCUT2D eigenvalue weighted by atomic mass is 19.4. The Kier molecular flexibility index (Phi) is 8.89. The molecule has 190 valence electrons. The van der Waals surface area contributed by atoms with Crippen molar-refractivity contribution in [2.24, 2.45) is 17.6 Å². The summed E-state index contributed by atoms with van der Waals surface area (Å²) in [6, 6.07) is 5.55. The first-order valence-electron chi connectivity index (χ1n) is 12.0. The van der Waals surface area contributed by atoms with Crippen LogP contribution in [-0.2, 0) is 11.0 Å². The number of nitrogens with zero attached hydrogens (tertiary/aromatic N) is 1. The van der Waals surface area contributed by atoms with E-state index in [4.69, 9.17) is 15.8 Å². The number of aliphatic carboxylic acids is 1. The van der Waals surface area contributed by atoms with Gasteiger partial charge in [-0.1, -0.05) is 12.8 Å². The van der Waals surface area contributed by atoms with Gasteiger partial charge in [-0.3, -0.25) is 4.79 Å². The lowest BCUT2D eigenvalue weighted by Crippen LogP contribution is -2.61. The molecule has 1 heterocycles. The van der Waals surface area contributed by atoms with Crippen LogP contribution in [0, 0.1) is 11.8 Å². The lowest BCUT2D eigenvalue weighted by Gasteiger charge is -2.45. The Morgan fingerprint density at radius 3 is 2.26 bits per heavy atom. The number of halogens is 3. The predicted octanol–water partition coefficient (Wildman–Crippen LogP) is 2.72. The molecule has 0 aromatic heterocycles. The monoisotopic (exact) mass is 485 g/mol. The molecular weight excluding hydrogens is 450 g/mol. The zero-order chi connectivity index (χ0) is 24.9. The van der Waals surface area contributed by atoms with Crippen LogP contribution in [-0.4, -0.2) is 59.5 Å². The van der Waals surface area contributed by atoms with Gasteiger partial charge in [0.25, 0.3) is 0 Å². The van der Waals surface area contributed by atoms with E-state index in [1.807, 2.05) is 0 Å². The lowest BCUT2D eigenvalue weighted by molar-refractivity contribution is -0.148. The van der Waals surface area contributed by atoms with Crippen molar-refractivity contribution in [2.45, 2.75) is 69.0 Å². The summed E-state index contributed by atoms with van der Waals surface area (Å²) in [6.07, 6.45) is 0.543. The number of nitrogens with two attached hydrogens (primary N) is 1. The molecule has 1 aliphatic carbocycles. The molecule has 6 N–H and O–H groups in total. The molecule has 1 atom stereocenters. The molecule has 1 saturated heterocycles. The zero-order valence-corrected chi connectivity index (χ0v) is 19.3. The van der Waals surface area contributed by atoms with Gasteiger partial charge in [0, 0.05) is 24.8 Å². The molecular formula is C23H35BF3N3O4. The van der Waals surface area contributed by atoms with Crippen LogP contribution in [0.15, 0.2) is 24.3 Å². The van der Waals surface area contributed by atoms with Gasteiger partial charge < -0.3 is 31.1 Å². The largest absolute Gasteiger partial charge is 0.480 e. The van der Waals surface area contributed by atoms with Crippen molar-refractivity contribution in [1.29, 1.82) is 0 Å². The number of nitrogens with one attached hydrogen (secondary N) is 1. The summed E-state index contributed by atoms with van der Waals surface area (Å²) in [5.41, 5.74) is 5.13. The maximum Gasteiger partial charge on any atom is 0.451 e. The van der Waals surface area contributed by atoms with Crippen LogP contribution in [0.3, 0.4) is 0 Å². The summed E-state index contributed by atoms with van der Waals surface area (Å²) in [5.74, 6) is -0.643. The maximum atomic E-state index is 12.7. The molecule has 0 radical (unpaired) electrons. The van der Waals surface area contributed by atoms with Crippen molar-refractivity contribution in [2.75, 3.05) is 24.5 Å². The molecule has 2 fully saturated rings. The summed E-state index contributed by atoms with van der Waals surface area (Å²) >= 11 is 0. The Morgan fingerprint density at radius 1 is 1.12 bits per heavy atom. The van der Waals surface area contributed by atoms with Crippen LogP contribution >= 0.6 is 0 Å². The predicted molar refractivity (Wildman–Crippen MR) is 124 cm³/mol. The minimum absolute atomic E-state index is 0.108. The summed E-state index contributed by atoms with van der Waals surface area (Å²) < 4.78 is 38.2. The first-order chi connectivity index (χ1) is 16.0. The lowest BCUT2D eigenvalue weighted by atomic mass is 9.66. The Balaban J connectivity index is 1.37. The third kappa shape index (κ3) is 6.87. The zero-order valence-electron chi connectivity index (χ0n) is 19.3. The van der Waals surface area contributed by atoms with Gasteiger partial charge in [-0.25, -0.2) is 0 Å². The fraction of sp³-hybridized carbons (Fsp3) is 0.696. The number of carbonyl (C=O) groups is 1. The van der Waals surface area contributed by atoms with Gasteiger partial charge in [-0.15, -0.1) is 0 Å². The van der Waals surface area contributed by atoms with Gasteiger partial charge in [-0.2, -0.15) is 13.2 Å². The molecule has 1 unspecified atom stereocenters. The number of rotatable bonds is 11. The minimum Gasteiger partial charge on any atom is -0.480 e. The van der Waals surface area contributed by atoms with Crippen molar-refractivity contribution in [3.05, 3.63) is 29.8 Å².